The molecule has 0 spiro atoms. The lowest BCUT2D eigenvalue weighted by molar-refractivity contribution is -0.119. The van der Waals surface area contributed by atoms with Gasteiger partial charge in [0.05, 0.1) is 31.3 Å². The van der Waals surface area contributed by atoms with Crippen molar-refractivity contribution in [2.24, 2.45) is 0 Å². The van der Waals surface area contributed by atoms with E-state index in [1.54, 1.807) is 36.4 Å². The number of para-hydroxylation sites is 2. The zero-order valence-corrected chi connectivity index (χ0v) is 21.6. The highest BCUT2D eigenvalue weighted by atomic mass is 32.2. The number of methoxy groups -OCH3 is 2. The topological polar surface area (TPSA) is 94.2 Å². The summed E-state index contributed by atoms with van der Waals surface area (Å²) in [5.41, 5.74) is 1.50. The number of rotatable bonds is 13. The van der Waals surface area contributed by atoms with Crippen molar-refractivity contribution < 1.29 is 27.4 Å². The Morgan fingerprint density at radius 1 is 0.889 bits per heavy atom. The van der Waals surface area contributed by atoms with Crippen molar-refractivity contribution in [1.82, 2.24) is 5.32 Å². The molecule has 0 atom stereocenters. The van der Waals surface area contributed by atoms with Gasteiger partial charge >= 0.3 is 0 Å². The van der Waals surface area contributed by atoms with E-state index in [-0.39, 0.29) is 23.7 Å². The van der Waals surface area contributed by atoms with Gasteiger partial charge in [0.15, 0.2) is 0 Å². The van der Waals surface area contributed by atoms with Gasteiger partial charge in [0.1, 0.15) is 30.4 Å². The molecule has 36 heavy (non-hydrogen) atoms. The predicted octanol–water partition coefficient (Wildman–Crippen LogP) is 4.05. The van der Waals surface area contributed by atoms with Crippen LogP contribution in [0.3, 0.4) is 0 Å². The molecular formula is C27H32N2O6S. The maximum atomic E-state index is 13.5. The van der Waals surface area contributed by atoms with Crippen LogP contribution in [0.15, 0.2) is 77.7 Å². The first-order valence-electron chi connectivity index (χ1n) is 11.7. The second-order valence-corrected chi connectivity index (χ2v) is 9.81. The van der Waals surface area contributed by atoms with Crippen LogP contribution in [0.5, 0.6) is 17.2 Å². The third-order valence-electron chi connectivity index (χ3n) is 5.44. The quantitative estimate of drug-likeness (QED) is 0.347. The standard InChI is InChI=1S/C27H32N2O6S/c1-4-7-21-10-12-23(13-11-21)35-19-18-28-27(30)20-29(25-8-5-6-9-26(25)34-3)36(31,32)24-16-14-22(33-2)15-17-24/h5-6,8-17H,4,7,18-20H2,1-3H3,(H,28,30). The summed E-state index contributed by atoms with van der Waals surface area (Å²) in [5, 5.41) is 2.73. The summed E-state index contributed by atoms with van der Waals surface area (Å²) in [6.07, 6.45) is 2.09. The van der Waals surface area contributed by atoms with Crippen molar-refractivity contribution in [2.75, 3.05) is 38.2 Å². The van der Waals surface area contributed by atoms with Crippen molar-refractivity contribution in [3.8, 4) is 17.2 Å². The Hall–Kier alpha value is -3.72. The molecule has 3 aromatic rings. The van der Waals surface area contributed by atoms with Crippen molar-refractivity contribution in [1.29, 1.82) is 0 Å². The summed E-state index contributed by atoms with van der Waals surface area (Å²) in [4.78, 5) is 12.8. The number of hydrogen-bond donors (Lipinski definition) is 1. The van der Waals surface area contributed by atoms with Crippen LogP contribution in [0.1, 0.15) is 18.9 Å². The minimum Gasteiger partial charge on any atom is -0.497 e. The van der Waals surface area contributed by atoms with E-state index in [4.69, 9.17) is 14.2 Å². The lowest BCUT2D eigenvalue weighted by atomic mass is 10.1. The fourth-order valence-electron chi connectivity index (χ4n) is 3.60. The van der Waals surface area contributed by atoms with E-state index >= 15 is 0 Å². The van der Waals surface area contributed by atoms with Crippen molar-refractivity contribution >= 4 is 21.6 Å². The van der Waals surface area contributed by atoms with E-state index in [0.717, 1.165) is 17.1 Å². The van der Waals surface area contributed by atoms with Crippen LogP contribution in [0, 0.1) is 0 Å². The molecule has 0 saturated heterocycles. The van der Waals surface area contributed by atoms with Gasteiger partial charge in [-0.2, -0.15) is 0 Å². The van der Waals surface area contributed by atoms with Crippen molar-refractivity contribution in [3.05, 3.63) is 78.4 Å². The van der Waals surface area contributed by atoms with E-state index in [2.05, 4.69) is 12.2 Å². The zero-order chi connectivity index (χ0) is 26.0. The Balaban J connectivity index is 1.70. The molecule has 0 bridgehead atoms. The summed E-state index contributed by atoms with van der Waals surface area (Å²) in [7, 11) is -1.14. The van der Waals surface area contributed by atoms with Crippen LogP contribution < -0.4 is 23.8 Å². The maximum Gasteiger partial charge on any atom is 0.264 e. The van der Waals surface area contributed by atoms with Crippen LogP contribution in [-0.4, -0.2) is 48.2 Å². The Morgan fingerprint density at radius 3 is 2.19 bits per heavy atom. The predicted molar refractivity (Wildman–Crippen MR) is 139 cm³/mol. The Kier molecular flexibility index (Phi) is 9.58. The molecule has 0 radical (unpaired) electrons. The summed E-state index contributed by atoms with van der Waals surface area (Å²) >= 11 is 0. The lowest BCUT2D eigenvalue weighted by Gasteiger charge is -2.25. The number of nitrogens with zero attached hydrogens (tertiary/aromatic N) is 1. The Morgan fingerprint density at radius 2 is 1.56 bits per heavy atom. The van der Waals surface area contributed by atoms with Gasteiger partial charge in [-0.05, 0) is 60.5 Å². The number of nitrogens with one attached hydrogen (secondary N) is 1. The second-order valence-electron chi connectivity index (χ2n) is 7.95. The molecule has 0 aliphatic heterocycles. The van der Waals surface area contributed by atoms with Gasteiger partial charge in [0, 0.05) is 0 Å². The van der Waals surface area contributed by atoms with E-state index in [1.807, 2.05) is 24.3 Å². The lowest BCUT2D eigenvalue weighted by Crippen LogP contribution is -2.42. The molecular weight excluding hydrogens is 480 g/mol. The van der Waals surface area contributed by atoms with Gasteiger partial charge in [-0.15, -0.1) is 0 Å². The molecule has 1 amide bonds. The normalized spacial score (nSPS) is 11.0. The van der Waals surface area contributed by atoms with Gasteiger partial charge in [-0.1, -0.05) is 37.6 Å². The zero-order valence-electron chi connectivity index (χ0n) is 20.8. The molecule has 192 valence electrons. The average Bonchev–Trinajstić information content (AvgIpc) is 2.90. The number of sulfonamides is 1. The number of anilines is 1. The number of aryl methyl sites for hydroxylation is 1. The van der Waals surface area contributed by atoms with Crippen LogP contribution >= 0.6 is 0 Å². The average molecular weight is 513 g/mol. The smallest absolute Gasteiger partial charge is 0.264 e. The van der Waals surface area contributed by atoms with Crippen LogP contribution in [-0.2, 0) is 21.2 Å². The summed E-state index contributed by atoms with van der Waals surface area (Å²) in [6, 6.07) is 20.5. The maximum absolute atomic E-state index is 13.5. The SMILES string of the molecule is CCCc1ccc(OCCNC(=O)CN(c2ccccc2OC)S(=O)(=O)c2ccc(OC)cc2)cc1. The van der Waals surface area contributed by atoms with Gasteiger partial charge in [-0.25, -0.2) is 8.42 Å². The Bertz CT molecular complexity index is 1230. The molecule has 0 aliphatic rings. The Labute approximate surface area is 212 Å². The van der Waals surface area contributed by atoms with Crippen LogP contribution in [0.4, 0.5) is 5.69 Å². The highest BCUT2D eigenvalue weighted by molar-refractivity contribution is 7.92. The number of ether oxygens (including phenoxy) is 3. The number of benzene rings is 3. The van der Waals surface area contributed by atoms with Crippen LogP contribution in [0.25, 0.3) is 0 Å². The number of amides is 1. The van der Waals surface area contributed by atoms with E-state index in [1.165, 1.54) is 31.9 Å². The minimum atomic E-state index is -4.08. The molecule has 3 aromatic carbocycles. The monoisotopic (exact) mass is 512 g/mol. The summed E-state index contributed by atoms with van der Waals surface area (Å²) in [5.74, 6) is 1.09. The number of carbonyl (C=O) groups is 1. The van der Waals surface area contributed by atoms with Crippen molar-refractivity contribution in [3.63, 3.8) is 0 Å². The summed E-state index contributed by atoms with van der Waals surface area (Å²) in [6.45, 7) is 2.17. The molecule has 0 aliphatic carbocycles. The number of carbonyl (C=O) groups excluding carboxylic acids is 1. The molecule has 9 heteroatoms. The fraction of sp³-hybridized carbons (Fsp3) is 0.296. The van der Waals surface area contributed by atoms with Gasteiger partial charge in [-0.3, -0.25) is 9.10 Å². The molecule has 0 heterocycles. The molecule has 0 unspecified atom stereocenters. The van der Waals surface area contributed by atoms with E-state index in [9.17, 15) is 13.2 Å². The largest absolute Gasteiger partial charge is 0.497 e. The third-order valence-corrected chi connectivity index (χ3v) is 7.22. The third kappa shape index (κ3) is 6.91. The fourth-order valence-corrected chi connectivity index (χ4v) is 5.03. The first kappa shape index (κ1) is 26.9. The molecule has 1 N–H and O–H groups in total. The first-order chi connectivity index (χ1) is 17.4. The minimum absolute atomic E-state index is 0.0249. The van der Waals surface area contributed by atoms with E-state index in [0.29, 0.717) is 17.2 Å². The first-order valence-corrected chi connectivity index (χ1v) is 13.1. The highest BCUT2D eigenvalue weighted by Gasteiger charge is 2.29. The molecule has 8 nitrogen and oxygen atoms in total. The molecule has 0 saturated carbocycles. The summed E-state index contributed by atoms with van der Waals surface area (Å²) < 4.78 is 44.3. The second kappa shape index (κ2) is 12.8. The molecule has 0 aromatic heterocycles. The highest BCUT2D eigenvalue weighted by Crippen LogP contribution is 2.32. The van der Waals surface area contributed by atoms with Crippen LogP contribution in [0.2, 0.25) is 0 Å². The van der Waals surface area contributed by atoms with Gasteiger partial charge in [0.25, 0.3) is 10.0 Å². The molecule has 3 rings (SSSR count). The van der Waals surface area contributed by atoms with E-state index < -0.39 is 22.5 Å². The molecule has 0 fully saturated rings. The van der Waals surface area contributed by atoms with Gasteiger partial charge in [0.2, 0.25) is 5.91 Å². The number of hydrogen-bond acceptors (Lipinski definition) is 6. The van der Waals surface area contributed by atoms with Crippen molar-refractivity contribution in [2.45, 2.75) is 24.7 Å². The van der Waals surface area contributed by atoms with Gasteiger partial charge < -0.3 is 19.5 Å².